The first kappa shape index (κ1) is 25.6. The quantitative estimate of drug-likeness (QED) is 0.245. The number of thiazole rings is 1. The van der Waals surface area contributed by atoms with Crippen LogP contribution < -0.4 is 10.6 Å². The molecule has 0 saturated heterocycles. The maximum Gasteiger partial charge on any atom is 0.191 e. The molecule has 0 aromatic carbocycles. The zero-order valence-corrected chi connectivity index (χ0v) is 20.9. The van der Waals surface area contributed by atoms with Crippen molar-refractivity contribution >= 4 is 41.3 Å². The summed E-state index contributed by atoms with van der Waals surface area (Å²) in [6, 6.07) is 1.17. The molecule has 1 heterocycles. The van der Waals surface area contributed by atoms with E-state index in [-0.39, 0.29) is 29.4 Å². The Labute approximate surface area is 181 Å². The minimum atomic E-state index is 0. The summed E-state index contributed by atoms with van der Waals surface area (Å²) in [5.41, 5.74) is 1.19. The lowest BCUT2D eigenvalue weighted by Gasteiger charge is -2.30. The molecule has 1 aromatic heterocycles. The molecule has 0 aliphatic rings. The third-order valence-electron chi connectivity index (χ3n) is 4.07. The van der Waals surface area contributed by atoms with Crippen molar-refractivity contribution in [3.05, 3.63) is 16.1 Å². The van der Waals surface area contributed by atoms with E-state index in [0.29, 0.717) is 18.6 Å². The van der Waals surface area contributed by atoms with Crippen LogP contribution in [0.2, 0.25) is 0 Å². The molecular weight excluding hydrogens is 457 g/mol. The topological polar surface area (TPSA) is 52.6 Å². The van der Waals surface area contributed by atoms with Crippen LogP contribution in [-0.2, 0) is 12.0 Å². The standard InChI is InChI=1S/C19H37N5S.HI/c1-14(2)24(15(3)4)11-9-10-21-18(20-8)22-12-16-13-25-17(23-16)19(5,6)7;/h13-15H,9-12H2,1-8H3,(H2,20,21,22);1H. The largest absolute Gasteiger partial charge is 0.356 e. The number of nitrogens with one attached hydrogen (secondary N) is 2. The summed E-state index contributed by atoms with van der Waals surface area (Å²) < 4.78 is 0. The van der Waals surface area contributed by atoms with Crippen LogP contribution >= 0.6 is 35.3 Å². The highest BCUT2D eigenvalue weighted by atomic mass is 127. The van der Waals surface area contributed by atoms with Crippen molar-refractivity contribution in [2.24, 2.45) is 4.99 Å². The van der Waals surface area contributed by atoms with E-state index in [1.165, 1.54) is 5.01 Å². The molecule has 0 amide bonds. The molecule has 0 spiro atoms. The lowest BCUT2D eigenvalue weighted by Crippen LogP contribution is -2.41. The number of aliphatic imine (C=N–C) groups is 1. The molecule has 0 atom stereocenters. The van der Waals surface area contributed by atoms with E-state index in [1.54, 1.807) is 11.3 Å². The van der Waals surface area contributed by atoms with Crippen molar-refractivity contribution in [3.8, 4) is 0 Å². The van der Waals surface area contributed by atoms with Crippen molar-refractivity contribution in [1.29, 1.82) is 0 Å². The van der Waals surface area contributed by atoms with Gasteiger partial charge in [0.1, 0.15) is 0 Å². The molecule has 0 saturated carbocycles. The summed E-state index contributed by atoms with van der Waals surface area (Å²) in [7, 11) is 1.81. The predicted molar refractivity (Wildman–Crippen MR) is 126 cm³/mol. The first-order chi connectivity index (χ1) is 11.6. The van der Waals surface area contributed by atoms with Crippen LogP contribution in [0.5, 0.6) is 0 Å². The number of hydrogen-bond acceptors (Lipinski definition) is 4. The maximum atomic E-state index is 4.71. The average molecular weight is 496 g/mol. The van der Waals surface area contributed by atoms with Crippen LogP contribution in [0.1, 0.15) is 65.6 Å². The molecule has 2 N–H and O–H groups in total. The predicted octanol–water partition coefficient (Wildman–Crippen LogP) is 4.23. The first-order valence-corrected chi connectivity index (χ1v) is 10.2. The third-order valence-corrected chi connectivity index (χ3v) is 5.38. The Balaban J connectivity index is 0.00000625. The summed E-state index contributed by atoms with van der Waals surface area (Å²) in [5.74, 6) is 0.839. The maximum absolute atomic E-state index is 4.71. The fraction of sp³-hybridized carbons (Fsp3) is 0.789. The van der Waals surface area contributed by atoms with E-state index in [0.717, 1.165) is 31.2 Å². The molecule has 5 nitrogen and oxygen atoms in total. The van der Waals surface area contributed by atoms with Crippen LogP contribution in [0.3, 0.4) is 0 Å². The van der Waals surface area contributed by atoms with Crippen molar-refractivity contribution in [2.45, 2.75) is 78.9 Å². The van der Waals surface area contributed by atoms with Gasteiger partial charge in [0, 0.05) is 43.0 Å². The van der Waals surface area contributed by atoms with Gasteiger partial charge in [0.2, 0.25) is 0 Å². The minimum Gasteiger partial charge on any atom is -0.356 e. The number of guanidine groups is 1. The number of halogens is 1. The Morgan fingerprint density at radius 1 is 1.19 bits per heavy atom. The average Bonchev–Trinajstić information content (AvgIpc) is 2.98. The molecule has 1 rings (SSSR count). The van der Waals surface area contributed by atoms with Crippen LogP contribution in [0.25, 0.3) is 0 Å². The van der Waals surface area contributed by atoms with Crippen LogP contribution in [-0.4, -0.2) is 48.1 Å². The Bertz CT molecular complexity index is 526. The van der Waals surface area contributed by atoms with Gasteiger partial charge in [-0.2, -0.15) is 0 Å². The van der Waals surface area contributed by atoms with Gasteiger partial charge in [0.05, 0.1) is 17.2 Å². The summed E-state index contributed by atoms with van der Waals surface area (Å²) in [6.45, 7) is 18.3. The Hall–Kier alpha value is -0.410. The molecule has 0 aliphatic heterocycles. The zero-order chi connectivity index (χ0) is 19.0. The highest BCUT2D eigenvalue weighted by Gasteiger charge is 2.18. The van der Waals surface area contributed by atoms with Gasteiger partial charge < -0.3 is 10.6 Å². The molecule has 1 aromatic rings. The third kappa shape index (κ3) is 8.99. The van der Waals surface area contributed by atoms with E-state index in [2.05, 4.69) is 74.4 Å². The molecule has 0 unspecified atom stereocenters. The van der Waals surface area contributed by atoms with E-state index in [9.17, 15) is 0 Å². The lowest BCUT2D eigenvalue weighted by molar-refractivity contribution is 0.173. The smallest absolute Gasteiger partial charge is 0.191 e. The summed E-state index contributed by atoms with van der Waals surface area (Å²) >= 11 is 1.73. The Kier molecular flexibility index (Phi) is 11.9. The molecule has 7 heteroatoms. The van der Waals surface area contributed by atoms with Crippen molar-refractivity contribution in [3.63, 3.8) is 0 Å². The van der Waals surface area contributed by atoms with Crippen LogP contribution in [0, 0.1) is 0 Å². The fourth-order valence-electron chi connectivity index (χ4n) is 2.71. The number of rotatable bonds is 8. The lowest BCUT2D eigenvalue weighted by atomic mass is 9.98. The Morgan fingerprint density at radius 2 is 1.81 bits per heavy atom. The van der Waals surface area contributed by atoms with E-state index < -0.39 is 0 Å². The highest BCUT2D eigenvalue weighted by Crippen LogP contribution is 2.25. The molecule has 0 radical (unpaired) electrons. The molecule has 0 bridgehead atoms. The van der Waals surface area contributed by atoms with Gasteiger partial charge in [-0.15, -0.1) is 35.3 Å². The normalized spacial score (nSPS) is 12.7. The monoisotopic (exact) mass is 495 g/mol. The van der Waals surface area contributed by atoms with Gasteiger partial charge in [-0.25, -0.2) is 4.98 Å². The number of aromatic nitrogens is 1. The number of nitrogens with zero attached hydrogens (tertiary/aromatic N) is 3. The van der Waals surface area contributed by atoms with Crippen molar-refractivity contribution < 1.29 is 0 Å². The molecule has 152 valence electrons. The van der Waals surface area contributed by atoms with Gasteiger partial charge >= 0.3 is 0 Å². The number of hydrogen-bond donors (Lipinski definition) is 2. The second-order valence-corrected chi connectivity index (χ2v) is 8.88. The minimum absolute atomic E-state index is 0. The summed E-state index contributed by atoms with van der Waals surface area (Å²) in [5, 5.41) is 10.1. The summed E-state index contributed by atoms with van der Waals surface area (Å²) in [6.07, 6.45) is 1.10. The summed E-state index contributed by atoms with van der Waals surface area (Å²) in [4.78, 5) is 11.5. The van der Waals surface area contributed by atoms with E-state index in [4.69, 9.17) is 4.98 Å². The second-order valence-electron chi connectivity index (χ2n) is 8.03. The van der Waals surface area contributed by atoms with Gasteiger partial charge in [0.15, 0.2) is 5.96 Å². The first-order valence-electron chi connectivity index (χ1n) is 9.30. The van der Waals surface area contributed by atoms with Gasteiger partial charge in [0.25, 0.3) is 0 Å². The Morgan fingerprint density at radius 3 is 2.27 bits per heavy atom. The molecule has 26 heavy (non-hydrogen) atoms. The molecule has 0 aliphatic carbocycles. The van der Waals surface area contributed by atoms with Crippen LogP contribution in [0.4, 0.5) is 0 Å². The zero-order valence-electron chi connectivity index (χ0n) is 17.7. The van der Waals surface area contributed by atoms with Crippen LogP contribution in [0.15, 0.2) is 10.4 Å². The van der Waals surface area contributed by atoms with Gasteiger partial charge in [-0.1, -0.05) is 20.8 Å². The highest BCUT2D eigenvalue weighted by molar-refractivity contribution is 14.0. The fourth-order valence-corrected chi connectivity index (χ4v) is 3.62. The van der Waals surface area contributed by atoms with E-state index >= 15 is 0 Å². The van der Waals surface area contributed by atoms with Gasteiger partial charge in [-0.05, 0) is 34.1 Å². The second kappa shape index (κ2) is 12.1. The SMILES string of the molecule is CN=C(NCCCN(C(C)C)C(C)C)NCc1csc(C(C)(C)C)n1.I. The van der Waals surface area contributed by atoms with E-state index in [1.807, 2.05) is 7.05 Å². The van der Waals surface area contributed by atoms with Crippen molar-refractivity contribution in [1.82, 2.24) is 20.5 Å². The van der Waals surface area contributed by atoms with Crippen molar-refractivity contribution in [2.75, 3.05) is 20.1 Å². The molecular formula is C19H38IN5S. The van der Waals surface area contributed by atoms with Gasteiger partial charge in [-0.3, -0.25) is 9.89 Å². The molecule has 0 fully saturated rings.